The Hall–Kier alpha value is -4.34. The lowest BCUT2D eigenvalue weighted by Crippen LogP contribution is -2.46. The van der Waals surface area contributed by atoms with E-state index < -0.39 is 36.7 Å². The summed E-state index contributed by atoms with van der Waals surface area (Å²) in [4.78, 5) is 94.5. The van der Waals surface area contributed by atoms with Crippen molar-refractivity contribution < 1.29 is 43.1 Å². The summed E-state index contributed by atoms with van der Waals surface area (Å²) < 4.78 is 5.42. The van der Waals surface area contributed by atoms with Crippen molar-refractivity contribution in [3.05, 3.63) is 12.2 Å². The van der Waals surface area contributed by atoms with Crippen LogP contribution in [0.25, 0.3) is 0 Å². The Morgan fingerprint density at radius 3 is 1.73 bits per heavy atom. The fraction of sp³-hybridized carbons (Fsp3) is 0.600. The number of unbranched alkanes of at least 4 members (excludes halogenated alkanes) is 2. The lowest BCUT2D eigenvalue weighted by atomic mass is 9.82. The van der Waals surface area contributed by atoms with Gasteiger partial charge in [-0.15, -0.1) is 0 Å². The minimum atomic E-state index is -0.640. The van der Waals surface area contributed by atoms with Crippen LogP contribution in [0.15, 0.2) is 12.2 Å². The van der Waals surface area contributed by atoms with Gasteiger partial charge in [-0.05, 0) is 25.7 Å². The number of imide groups is 1. The van der Waals surface area contributed by atoms with E-state index in [2.05, 4.69) is 31.9 Å². The second kappa shape index (κ2) is 17.4. The highest BCUT2D eigenvalue weighted by Gasteiger charge is 2.34. The van der Waals surface area contributed by atoms with Crippen LogP contribution in [-0.4, -0.2) is 105 Å². The fourth-order valence-corrected chi connectivity index (χ4v) is 3.80. The normalized spacial score (nSPS) is 17.3. The Morgan fingerprint density at radius 2 is 1.22 bits per heavy atom. The van der Waals surface area contributed by atoms with Gasteiger partial charge in [-0.25, -0.2) is 0 Å². The van der Waals surface area contributed by atoms with Gasteiger partial charge in [-0.2, -0.15) is 0 Å². The van der Waals surface area contributed by atoms with E-state index >= 15 is 0 Å². The summed E-state index contributed by atoms with van der Waals surface area (Å²) in [5.74, 6) is -3.51. The van der Waals surface area contributed by atoms with Gasteiger partial charge < -0.3 is 36.6 Å². The second-order valence-corrected chi connectivity index (χ2v) is 9.39. The van der Waals surface area contributed by atoms with Gasteiger partial charge in [0.1, 0.15) is 6.73 Å². The van der Waals surface area contributed by atoms with E-state index in [1.165, 1.54) is 12.2 Å². The zero-order chi connectivity index (χ0) is 30.2. The SMILES string of the molecule is CNC(=O)[C@H]1C[C@@H](OCNC(=O)CNC(=O)CNC(=O)CNC(=O)CNC(=O)CCCCCN2C(=O)C=CC2=O)C1. The molecule has 0 spiro atoms. The van der Waals surface area contributed by atoms with Crippen LogP contribution < -0.4 is 31.9 Å². The van der Waals surface area contributed by atoms with E-state index in [9.17, 15) is 38.4 Å². The Morgan fingerprint density at radius 1 is 0.732 bits per heavy atom. The van der Waals surface area contributed by atoms with Gasteiger partial charge in [-0.3, -0.25) is 43.3 Å². The third-order valence-corrected chi connectivity index (χ3v) is 6.27. The maximum absolute atomic E-state index is 11.9. The third-order valence-electron chi connectivity index (χ3n) is 6.27. The molecule has 0 radical (unpaired) electrons. The monoisotopic (exact) mass is 579 g/mol. The number of hydrogen-bond acceptors (Lipinski definition) is 9. The molecule has 226 valence electrons. The van der Waals surface area contributed by atoms with Gasteiger partial charge in [-0.1, -0.05) is 6.42 Å². The summed E-state index contributed by atoms with van der Waals surface area (Å²) in [6.45, 7) is -1.24. The van der Waals surface area contributed by atoms with Crippen LogP contribution in [0.5, 0.6) is 0 Å². The summed E-state index contributed by atoms with van der Waals surface area (Å²) in [6.07, 6.45) is 5.33. The number of hydrogen-bond donors (Lipinski definition) is 6. The second-order valence-electron chi connectivity index (χ2n) is 9.39. The standard InChI is InChI=1S/C25H37N7O9/c1-26-25(40)16-9-17(10-16)41-15-31-22(37)14-30-21(36)13-29-20(35)12-28-19(34)11-27-18(33)5-3-2-4-8-32-23(38)6-7-24(32)39/h6-7,16-17H,2-5,8-15H2,1H3,(H,26,40)(H,27,33)(H,28,34)(H,29,35)(H,30,36)(H,31,37)/t16-,17+. The Labute approximate surface area is 236 Å². The van der Waals surface area contributed by atoms with Crippen molar-refractivity contribution in [3.8, 4) is 0 Å². The van der Waals surface area contributed by atoms with Crippen molar-refractivity contribution in [2.45, 2.75) is 44.6 Å². The molecule has 2 aliphatic rings. The molecular weight excluding hydrogens is 542 g/mol. The zero-order valence-corrected chi connectivity index (χ0v) is 22.9. The summed E-state index contributed by atoms with van der Waals surface area (Å²) >= 11 is 0. The molecule has 0 saturated heterocycles. The molecular formula is C25H37N7O9. The Balaban J connectivity index is 1.42. The van der Waals surface area contributed by atoms with Crippen LogP contribution in [0.1, 0.15) is 38.5 Å². The van der Waals surface area contributed by atoms with Crippen molar-refractivity contribution in [3.63, 3.8) is 0 Å². The number of nitrogens with one attached hydrogen (secondary N) is 6. The third kappa shape index (κ3) is 12.6. The van der Waals surface area contributed by atoms with Crippen molar-refractivity contribution in [1.82, 2.24) is 36.8 Å². The maximum atomic E-state index is 11.9. The number of rotatable bonds is 18. The minimum Gasteiger partial charge on any atom is -0.359 e. The molecule has 1 heterocycles. The molecule has 1 aliphatic carbocycles. The van der Waals surface area contributed by atoms with E-state index in [0.29, 0.717) is 32.1 Å². The molecule has 16 heteroatoms. The molecule has 0 aromatic carbocycles. The van der Waals surface area contributed by atoms with Crippen LogP contribution in [0, 0.1) is 5.92 Å². The molecule has 0 aromatic heterocycles. The molecule has 0 aromatic rings. The van der Waals surface area contributed by atoms with E-state index in [0.717, 1.165) is 4.90 Å². The number of amides is 8. The largest absolute Gasteiger partial charge is 0.359 e. The summed E-state index contributed by atoms with van der Waals surface area (Å²) in [5, 5.41) is 14.4. The predicted molar refractivity (Wildman–Crippen MR) is 141 cm³/mol. The van der Waals surface area contributed by atoms with Crippen molar-refractivity contribution >= 4 is 47.3 Å². The molecule has 41 heavy (non-hydrogen) atoms. The molecule has 1 fully saturated rings. The van der Waals surface area contributed by atoms with Crippen LogP contribution in [0.3, 0.4) is 0 Å². The minimum absolute atomic E-state index is 0.0394. The Bertz CT molecular complexity index is 1020. The van der Waals surface area contributed by atoms with Gasteiger partial charge in [0.25, 0.3) is 11.8 Å². The number of ether oxygens (including phenoxy) is 1. The number of nitrogens with zero attached hydrogens (tertiary/aromatic N) is 1. The van der Waals surface area contributed by atoms with Crippen LogP contribution in [0.4, 0.5) is 0 Å². The molecule has 6 N–H and O–H groups in total. The summed E-state index contributed by atoms with van der Waals surface area (Å²) in [5.41, 5.74) is 0. The average molecular weight is 580 g/mol. The van der Waals surface area contributed by atoms with E-state index in [1.807, 2.05) is 0 Å². The average Bonchev–Trinajstić information content (AvgIpc) is 3.25. The highest BCUT2D eigenvalue weighted by molar-refractivity contribution is 6.12. The molecule has 1 aliphatic heterocycles. The summed E-state index contributed by atoms with van der Waals surface area (Å²) in [6, 6.07) is 0. The first-order valence-electron chi connectivity index (χ1n) is 13.3. The number of carbonyl (C=O) groups excluding carboxylic acids is 8. The van der Waals surface area contributed by atoms with Gasteiger partial charge in [0, 0.05) is 38.1 Å². The summed E-state index contributed by atoms with van der Waals surface area (Å²) in [7, 11) is 1.57. The molecule has 0 bridgehead atoms. The lowest BCUT2D eigenvalue weighted by Gasteiger charge is -2.33. The van der Waals surface area contributed by atoms with E-state index in [-0.39, 0.29) is 68.4 Å². The Kier molecular flexibility index (Phi) is 13.9. The van der Waals surface area contributed by atoms with Crippen molar-refractivity contribution in [1.29, 1.82) is 0 Å². The topological polar surface area (TPSA) is 221 Å². The molecule has 0 atom stereocenters. The quantitative estimate of drug-likeness (QED) is 0.0539. The molecule has 8 amide bonds. The first-order valence-corrected chi connectivity index (χ1v) is 13.3. The zero-order valence-electron chi connectivity index (χ0n) is 22.9. The molecule has 16 nitrogen and oxygen atoms in total. The van der Waals surface area contributed by atoms with Crippen LogP contribution in [-0.2, 0) is 43.1 Å². The van der Waals surface area contributed by atoms with Crippen LogP contribution in [0.2, 0.25) is 0 Å². The molecule has 1 saturated carbocycles. The predicted octanol–water partition coefficient (Wildman–Crippen LogP) is -3.45. The van der Waals surface area contributed by atoms with Crippen LogP contribution >= 0.6 is 0 Å². The maximum Gasteiger partial charge on any atom is 0.253 e. The first kappa shape index (κ1) is 32.9. The smallest absolute Gasteiger partial charge is 0.253 e. The lowest BCUT2D eigenvalue weighted by molar-refractivity contribution is -0.137. The highest BCUT2D eigenvalue weighted by Crippen LogP contribution is 2.29. The van der Waals surface area contributed by atoms with Gasteiger partial charge >= 0.3 is 0 Å². The fourth-order valence-electron chi connectivity index (χ4n) is 3.80. The van der Waals surface area contributed by atoms with Gasteiger partial charge in [0.2, 0.25) is 35.4 Å². The van der Waals surface area contributed by atoms with Crippen molar-refractivity contribution in [2.75, 3.05) is 46.5 Å². The van der Waals surface area contributed by atoms with Gasteiger partial charge in [0.05, 0.1) is 32.3 Å². The number of carbonyl (C=O) groups is 8. The van der Waals surface area contributed by atoms with E-state index in [1.54, 1.807) is 7.05 Å². The molecule has 0 unspecified atom stereocenters. The highest BCUT2D eigenvalue weighted by atomic mass is 16.5. The molecule has 2 rings (SSSR count). The van der Waals surface area contributed by atoms with Crippen molar-refractivity contribution in [2.24, 2.45) is 5.92 Å². The first-order chi connectivity index (χ1) is 19.6. The van der Waals surface area contributed by atoms with Gasteiger partial charge in [0.15, 0.2) is 0 Å². The van der Waals surface area contributed by atoms with E-state index in [4.69, 9.17) is 4.74 Å².